The third-order valence-electron chi connectivity index (χ3n) is 8.88. The molecule has 3 aliphatic rings. The van der Waals surface area contributed by atoms with Crippen molar-refractivity contribution in [2.45, 2.75) is 82.6 Å². The molecule has 0 spiro atoms. The first-order valence-electron chi connectivity index (χ1n) is 14.7. The summed E-state index contributed by atoms with van der Waals surface area (Å²) in [6.07, 6.45) is 7.17. The Hall–Kier alpha value is -3.48. The topological polar surface area (TPSA) is 142 Å². The van der Waals surface area contributed by atoms with Gasteiger partial charge < -0.3 is 39.3 Å². The monoisotopic (exact) mass is 580 g/mol. The van der Waals surface area contributed by atoms with Crippen molar-refractivity contribution in [1.29, 1.82) is 0 Å². The van der Waals surface area contributed by atoms with Gasteiger partial charge in [0.1, 0.15) is 29.4 Å². The summed E-state index contributed by atoms with van der Waals surface area (Å²) in [4.78, 5) is 24.7. The molecule has 1 aliphatic heterocycles. The summed E-state index contributed by atoms with van der Waals surface area (Å²) < 4.78 is 25.8. The van der Waals surface area contributed by atoms with Crippen LogP contribution in [0.1, 0.15) is 57.6 Å². The summed E-state index contributed by atoms with van der Waals surface area (Å²) in [6.45, 7) is 5.26. The van der Waals surface area contributed by atoms with E-state index in [1.807, 2.05) is 38.4 Å². The Morgan fingerprint density at radius 1 is 1.12 bits per heavy atom. The molecule has 1 aromatic carbocycles. The second-order valence-electron chi connectivity index (χ2n) is 12.1. The maximum absolute atomic E-state index is 10.9. The lowest BCUT2D eigenvalue weighted by molar-refractivity contribution is -0.160. The standard InChI is InChI=1S/C30H40N6O6/c1-30(2)41-26-19(14-31-20-9-17(10-20)5-8-24(37)38)11-22(27(26)42-30)36-16-35-25-28(33-15-34-29(25)36)32-13-18-6-7-21(39-3)12-23(18)40-4/h6-7,12,15-17,19-20,22,26-27,31H,5,8-11,13-14H2,1-4H3,(H,37,38)(H,32,33,34)/t17?,19-,20?,22-,26-,27+/m1/s1. The number of anilines is 1. The third-order valence-corrected chi connectivity index (χ3v) is 8.88. The molecule has 3 aromatic rings. The van der Waals surface area contributed by atoms with Crippen molar-refractivity contribution < 1.29 is 28.8 Å². The highest BCUT2D eigenvalue weighted by molar-refractivity contribution is 5.82. The summed E-state index contributed by atoms with van der Waals surface area (Å²) in [5.74, 6) is 1.49. The molecule has 2 aliphatic carbocycles. The van der Waals surface area contributed by atoms with Crippen molar-refractivity contribution in [1.82, 2.24) is 24.8 Å². The van der Waals surface area contributed by atoms with E-state index >= 15 is 0 Å². The summed E-state index contributed by atoms with van der Waals surface area (Å²) >= 11 is 0. The van der Waals surface area contributed by atoms with E-state index in [0.29, 0.717) is 29.8 Å². The number of aliphatic carboxylic acids is 1. The Labute approximate surface area is 245 Å². The van der Waals surface area contributed by atoms with Crippen molar-refractivity contribution in [3.8, 4) is 11.5 Å². The van der Waals surface area contributed by atoms with Gasteiger partial charge >= 0.3 is 5.97 Å². The van der Waals surface area contributed by atoms with Crippen LogP contribution in [0.5, 0.6) is 11.5 Å². The summed E-state index contributed by atoms with van der Waals surface area (Å²) in [5.41, 5.74) is 2.42. The van der Waals surface area contributed by atoms with Crippen LogP contribution in [0.3, 0.4) is 0 Å². The Kier molecular flexibility index (Phi) is 7.95. The molecule has 42 heavy (non-hydrogen) atoms. The number of ether oxygens (including phenoxy) is 4. The van der Waals surface area contributed by atoms with Crippen LogP contribution in [-0.4, -0.2) is 75.4 Å². The molecule has 12 heteroatoms. The highest BCUT2D eigenvalue weighted by Crippen LogP contribution is 2.47. The normalized spacial score (nSPS) is 27.9. The smallest absolute Gasteiger partial charge is 0.303 e. The fourth-order valence-corrected chi connectivity index (χ4v) is 6.71. The van der Waals surface area contributed by atoms with Gasteiger partial charge in [0, 0.05) is 43.1 Å². The predicted octanol–water partition coefficient (Wildman–Crippen LogP) is 3.77. The molecule has 1 saturated heterocycles. The van der Waals surface area contributed by atoms with Gasteiger partial charge in [-0.05, 0) is 57.6 Å². The van der Waals surface area contributed by atoms with Gasteiger partial charge in [0.05, 0.1) is 32.7 Å². The van der Waals surface area contributed by atoms with Crippen molar-refractivity contribution in [2.24, 2.45) is 11.8 Å². The molecular formula is C30H40N6O6. The van der Waals surface area contributed by atoms with E-state index < -0.39 is 11.8 Å². The van der Waals surface area contributed by atoms with Crippen molar-refractivity contribution in [2.75, 3.05) is 26.1 Å². The zero-order chi connectivity index (χ0) is 29.4. The molecule has 2 saturated carbocycles. The number of nitrogens with zero attached hydrogens (tertiary/aromatic N) is 4. The van der Waals surface area contributed by atoms with Crippen LogP contribution in [0.15, 0.2) is 30.9 Å². The van der Waals surface area contributed by atoms with Crippen LogP contribution >= 0.6 is 0 Å². The third kappa shape index (κ3) is 5.75. The number of carboxylic acids is 1. The molecule has 0 radical (unpaired) electrons. The van der Waals surface area contributed by atoms with Crippen LogP contribution in [0, 0.1) is 11.8 Å². The van der Waals surface area contributed by atoms with E-state index in [0.717, 1.165) is 54.9 Å². The van der Waals surface area contributed by atoms with Gasteiger partial charge in [-0.3, -0.25) is 4.79 Å². The molecule has 0 amide bonds. The quantitative estimate of drug-likeness (QED) is 0.288. The second-order valence-corrected chi connectivity index (χ2v) is 12.1. The average molecular weight is 581 g/mol. The van der Waals surface area contributed by atoms with Crippen LogP contribution in [0.25, 0.3) is 11.2 Å². The number of methoxy groups -OCH3 is 2. The van der Waals surface area contributed by atoms with Crippen LogP contribution in [0.4, 0.5) is 5.82 Å². The lowest BCUT2D eigenvalue weighted by atomic mass is 9.77. The van der Waals surface area contributed by atoms with E-state index in [1.54, 1.807) is 20.5 Å². The van der Waals surface area contributed by atoms with Crippen molar-refractivity contribution >= 4 is 23.0 Å². The van der Waals surface area contributed by atoms with Crippen molar-refractivity contribution in [3.63, 3.8) is 0 Å². The highest BCUT2D eigenvalue weighted by Gasteiger charge is 2.54. The Morgan fingerprint density at radius 3 is 2.69 bits per heavy atom. The van der Waals surface area contributed by atoms with Gasteiger partial charge in [-0.2, -0.15) is 0 Å². The zero-order valence-corrected chi connectivity index (χ0v) is 24.6. The molecule has 4 atom stereocenters. The van der Waals surface area contributed by atoms with E-state index in [1.165, 1.54) is 0 Å². The Morgan fingerprint density at radius 2 is 1.93 bits per heavy atom. The van der Waals surface area contributed by atoms with Gasteiger partial charge in [0.25, 0.3) is 0 Å². The molecule has 3 N–H and O–H groups in total. The van der Waals surface area contributed by atoms with Gasteiger partial charge in [0.15, 0.2) is 17.3 Å². The lowest BCUT2D eigenvalue weighted by Crippen LogP contribution is -2.44. The highest BCUT2D eigenvalue weighted by atomic mass is 16.8. The number of hydrogen-bond donors (Lipinski definition) is 3. The number of benzene rings is 1. The molecule has 3 heterocycles. The molecule has 3 fully saturated rings. The number of fused-ring (bicyclic) bond motifs is 2. The number of nitrogens with one attached hydrogen (secondary N) is 2. The molecule has 12 nitrogen and oxygen atoms in total. The Bertz CT molecular complexity index is 1420. The zero-order valence-electron chi connectivity index (χ0n) is 24.6. The molecule has 226 valence electrons. The van der Waals surface area contributed by atoms with Crippen LogP contribution < -0.4 is 20.1 Å². The van der Waals surface area contributed by atoms with E-state index in [9.17, 15) is 4.79 Å². The maximum atomic E-state index is 10.9. The number of hydrogen-bond acceptors (Lipinski definition) is 10. The molecular weight excluding hydrogens is 540 g/mol. The number of aromatic nitrogens is 4. The number of imidazole rings is 1. The summed E-state index contributed by atoms with van der Waals surface area (Å²) in [7, 11) is 3.27. The number of carbonyl (C=O) groups is 1. The van der Waals surface area contributed by atoms with E-state index in [2.05, 4.69) is 25.2 Å². The largest absolute Gasteiger partial charge is 0.497 e. The number of carboxylic acid groups (broad SMARTS) is 1. The first kappa shape index (κ1) is 28.6. The molecule has 2 aromatic heterocycles. The first-order valence-corrected chi connectivity index (χ1v) is 14.7. The average Bonchev–Trinajstić information content (AvgIpc) is 3.61. The van der Waals surface area contributed by atoms with Crippen LogP contribution in [-0.2, 0) is 20.8 Å². The van der Waals surface area contributed by atoms with Gasteiger partial charge in [-0.15, -0.1) is 0 Å². The summed E-state index contributed by atoms with van der Waals surface area (Å²) in [6, 6.07) is 6.17. The van der Waals surface area contributed by atoms with E-state index in [4.69, 9.17) is 29.0 Å². The van der Waals surface area contributed by atoms with Gasteiger partial charge in [-0.25, -0.2) is 15.0 Å². The van der Waals surface area contributed by atoms with Gasteiger partial charge in [-0.1, -0.05) is 0 Å². The fraction of sp³-hybridized carbons (Fsp3) is 0.600. The molecule has 0 bridgehead atoms. The van der Waals surface area contributed by atoms with Crippen LogP contribution in [0.2, 0.25) is 0 Å². The summed E-state index contributed by atoms with van der Waals surface area (Å²) in [5, 5.41) is 16.1. The molecule has 6 rings (SSSR count). The first-order chi connectivity index (χ1) is 20.2. The number of rotatable bonds is 12. The SMILES string of the molecule is COc1ccc(CNc2ncnc3c2ncn3[C@@H]2C[C@H](CNC3CC(CCC(=O)O)C3)[C@H]3OC(C)(C)O[C@H]32)c(OC)c1. The van der Waals surface area contributed by atoms with Crippen molar-refractivity contribution in [3.05, 3.63) is 36.4 Å². The minimum absolute atomic E-state index is 0.0164. The predicted molar refractivity (Wildman–Crippen MR) is 155 cm³/mol. The fourth-order valence-electron chi connectivity index (χ4n) is 6.71. The maximum Gasteiger partial charge on any atom is 0.303 e. The second kappa shape index (κ2) is 11.7. The Balaban J connectivity index is 1.15. The lowest BCUT2D eigenvalue weighted by Gasteiger charge is -2.37. The molecule has 0 unspecified atom stereocenters. The minimum atomic E-state index is -0.715. The minimum Gasteiger partial charge on any atom is -0.497 e. The van der Waals surface area contributed by atoms with Gasteiger partial charge in [0.2, 0.25) is 0 Å². The van der Waals surface area contributed by atoms with E-state index in [-0.39, 0.29) is 30.6 Å².